The molecule has 7 nitrogen and oxygen atoms in total. The minimum absolute atomic E-state index is 0.00735. The van der Waals surface area contributed by atoms with Crippen LogP contribution in [0.4, 0.5) is 17.1 Å². The third-order valence-electron chi connectivity index (χ3n) is 3.14. The molecule has 2 rings (SSSR count). The van der Waals surface area contributed by atoms with Crippen LogP contribution >= 0.6 is 0 Å². The predicted octanol–water partition coefficient (Wildman–Crippen LogP) is 2.11. The number of hydrogen-bond donors (Lipinski definition) is 3. The van der Waals surface area contributed by atoms with Crippen molar-refractivity contribution < 1.29 is 9.66 Å². The van der Waals surface area contributed by atoms with Crippen LogP contribution in [0.25, 0.3) is 0 Å². The lowest BCUT2D eigenvalue weighted by atomic mass is 10.2. The van der Waals surface area contributed by atoms with Crippen LogP contribution in [-0.4, -0.2) is 24.7 Å². The number of non-ortho nitro benzene ring substituents is 1. The smallest absolute Gasteiger partial charge is 0.273 e. The van der Waals surface area contributed by atoms with Gasteiger partial charge in [-0.05, 0) is 31.2 Å². The molecule has 1 aliphatic carbocycles. The van der Waals surface area contributed by atoms with Crippen LogP contribution in [-0.2, 0) is 4.74 Å². The van der Waals surface area contributed by atoms with Gasteiger partial charge in [0.25, 0.3) is 5.69 Å². The van der Waals surface area contributed by atoms with E-state index in [0.29, 0.717) is 24.5 Å². The topological polar surface area (TPSA) is 102 Å². The minimum atomic E-state index is -0.440. The van der Waals surface area contributed by atoms with E-state index in [2.05, 4.69) is 10.7 Å². The predicted molar refractivity (Wildman–Crippen MR) is 77.6 cm³/mol. The van der Waals surface area contributed by atoms with Gasteiger partial charge in [-0.2, -0.15) is 0 Å². The number of nitro benzene ring substituents is 1. The molecule has 1 saturated carbocycles. The standard InChI is InChI=1S/C13H20N4O3/c14-16-12-6-11(7-13(8-12)17(18)19)15-4-1-5-20-9-10-2-3-10/h6-8,10,15-16H,1-5,9,14H2. The van der Waals surface area contributed by atoms with Crippen LogP contribution in [0.15, 0.2) is 18.2 Å². The average Bonchev–Trinajstić information content (AvgIpc) is 3.26. The van der Waals surface area contributed by atoms with E-state index in [4.69, 9.17) is 10.6 Å². The number of benzene rings is 1. The molecule has 110 valence electrons. The van der Waals surface area contributed by atoms with Gasteiger partial charge in [0.2, 0.25) is 0 Å². The molecule has 0 bridgehead atoms. The number of anilines is 2. The summed E-state index contributed by atoms with van der Waals surface area (Å²) in [5.74, 6) is 6.07. The molecule has 0 amide bonds. The van der Waals surface area contributed by atoms with E-state index < -0.39 is 4.92 Å². The van der Waals surface area contributed by atoms with Crippen LogP contribution < -0.4 is 16.6 Å². The maximum atomic E-state index is 10.8. The first-order valence-electron chi connectivity index (χ1n) is 6.77. The molecule has 1 aromatic rings. The number of nitrogens with two attached hydrogens (primary N) is 1. The van der Waals surface area contributed by atoms with Crippen LogP contribution in [0.5, 0.6) is 0 Å². The Bertz CT molecular complexity index is 463. The highest BCUT2D eigenvalue weighted by atomic mass is 16.6. The molecule has 0 spiro atoms. The Morgan fingerprint density at radius 1 is 1.35 bits per heavy atom. The van der Waals surface area contributed by atoms with Gasteiger partial charge in [0, 0.05) is 37.6 Å². The van der Waals surface area contributed by atoms with E-state index in [1.54, 1.807) is 6.07 Å². The van der Waals surface area contributed by atoms with Gasteiger partial charge in [0.1, 0.15) is 0 Å². The first kappa shape index (κ1) is 14.5. The van der Waals surface area contributed by atoms with Crippen LogP contribution in [0.1, 0.15) is 19.3 Å². The van der Waals surface area contributed by atoms with Crippen molar-refractivity contribution in [2.45, 2.75) is 19.3 Å². The highest BCUT2D eigenvalue weighted by Crippen LogP contribution is 2.28. The van der Waals surface area contributed by atoms with E-state index in [1.165, 1.54) is 25.0 Å². The van der Waals surface area contributed by atoms with E-state index in [1.807, 2.05) is 0 Å². The molecule has 0 unspecified atom stereocenters. The van der Waals surface area contributed by atoms with Crippen LogP contribution in [0, 0.1) is 16.0 Å². The monoisotopic (exact) mass is 280 g/mol. The molecule has 0 atom stereocenters. The van der Waals surface area contributed by atoms with Gasteiger partial charge in [0.05, 0.1) is 10.6 Å². The molecular formula is C13H20N4O3. The van der Waals surface area contributed by atoms with Gasteiger partial charge >= 0.3 is 0 Å². The molecule has 20 heavy (non-hydrogen) atoms. The second-order valence-electron chi connectivity index (χ2n) is 4.97. The third kappa shape index (κ3) is 4.67. The zero-order valence-corrected chi connectivity index (χ0v) is 11.3. The fourth-order valence-corrected chi connectivity index (χ4v) is 1.84. The zero-order chi connectivity index (χ0) is 14.4. The van der Waals surface area contributed by atoms with E-state index in [0.717, 1.165) is 18.9 Å². The Hall–Kier alpha value is -1.86. The van der Waals surface area contributed by atoms with Crippen molar-refractivity contribution in [3.63, 3.8) is 0 Å². The van der Waals surface area contributed by atoms with E-state index in [-0.39, 0.29) is 5.69 Å². The number of nitro groups is 1. The molecule has 0 heterocycles. The first-order chi connectivity index (χ1) is 9.69. The summed E-state index contributed by atoms with van der Waals surface area (Å²) < 4.78 is 5.52. The number of nitrogens with one attached hydrogen (secondary N) is 2. The molecule has 1 aromatic carbocycles. The number of rotatable bonds is 9. The Balaban J connectivity index is 1.75. The number of hydrazine groups is 1. The Morgan fingerprint density at radius 2 is 2.10 bits per heavy atom. The lowest BCUT2D eigenvalue weighted by Gasteiger charge is -2.09. The lowest BCUT2D eigenvalue weighted by Crippen LogP contribution is -2.10. The maximum Gasteiger partial charge on any atom is 0.273 e. The van der Waals surface area contributed by atoms with Crippen molar-refractivity contribution in [2.24, 2.45) is 11.8 Å². The summed E-state index contributed by atoms with van der Waals surface area (Å²) in [7, 11) is 0. The molecule has 0 saturated heterocycles. The molecule has 0 aromatic heterocycles. The minimum Gasteiger partial charge on any atom is -0.385 e. The summed E-state index contributed by atoms with van der Waals surface area (Å²) in [6, 6.07) is 4.62. The highest BCUT2D eigenvalue weighted by Gasteiger charge is 2.20. The molecule has 1 fully saturated rings. The van der Waals surface area contributed by atoms with Crippen molar-refractivity contribution in [1.29, 1.82) is 0 Å². The molecule has 4 N–H and O–H groups in total. The van der Waals surface area contributed by atoms with Crippen molar-refractivity contribution in [3.05, 3.63) is 28.3 Å². The summed E-state index contributed by atoms with van der Waals surface area (Å²) in [6.45, 7) is 2.27. The van der Waals surface area contributed by atoms with Gasteiger partial charge in [-0.25, -0.2) is 0 Å². The zero-order valence-electron chi connectivity index (χ0n) is 11.3. The highest BCUT2D eigenvalue weighted by molar-refractivity contribution is 5.63. The van der Waals surface area contributed by atoms with Crippen molar-refractivity contribution in [3.8, 4) is 0 Å². The van der Waals surface area contributed by atoms with E-state index in [9.17, 15) is 10.1 Å². The molecular weight excluding hydrogens is 260 g/mol. The van der Waals surface area contributed by atoms with Gasteiger partial charge in [-0.1, -0.05) is 0 Å². The quantitative estimate of drug-likeness (QED) is 0.277. The second kappa shape index (κ2) is 7.06. The summed E-state index contributed by atoms with van der Waals surface area (Å²) in [5, 5.41) is 13.9. The Labute approximate surface area is 117 Å². The number of nitrogens with zero attached hydrogens (tertiary/aromatic N) is 1. The summed E-state index contributed by atoms with van der Waals surface area (Å²) in [6.07, 6.45) is 3.45. The maximum absolute atomic E-state index is 10.8. The van der Waals surface area contributed by atoms with E-state index >= 15 is 0 Å². The molecule has 7 heteroatoms. The lowest BCUT2D eigenvalue weighted by molar-refractivity contribution is -0.384. The van der Waals surface area contributed by atoms with Gasteiger partial charge in [-0.15, -0.1) is 0 Å². The third-order valence-corrected chi connectivity index (χ3v) is 3.14. The summed E-state index contributed by atoms with van der Waals surface area (Å²) in [5.41, 5.74) is 3.61. The SMILES string of the molecule is NNc1cc(NCCCOCC2CC2)cc([N+](=O)[O-])c1. The second-order valence-corrected chi connectivity index (χ2v) is 4.97. The largest absolute Gasteiger partial charge is 0.385 e. The van der Waals surface area contributed by atoms with Crippen molar-refractivity contribution in [2.75, 3.05) is 30.5 Å². The average molecular weight is 280 g/mol. The fourth-order valence-electron chi connectivity index (χ4n) is 1.84. The molecule has 1 aliphatic rings. The number of nitrogen functional groups attached to an aromatic ring is 1. The number of ether oxygens (including phenoxy) is 1. The summed E-state index contributed by atoms with van der Waals surface area (Å²) >= 11 is 0. The Kier molecular flexibility index (Phi) is 5.14. The van der Waals surface area contributed by atoms with Gasteiger partial charge in [-0.3, -0.25) is 16.0 Å². The normalized spacial score (nSPS) is 14.1. The van der Waals surface area contributed by atoms with Gasteiger partial charge in [0.15, 0.2) is 0 Å². The summed E-state index contributed by atoms with van der Waals surface area (Å²) in [4.78, 5) is 10.4. The Morgan fingerprint density at radius 3 is 2.75 bits per heavy atom. The molecule has 0 radical (unpaired) electrons. The van der Waals surface area contributed by atoms with Crippen LogP contribution in [0.2, 0.25) is 0 Å². The van der Waals surface area contributed by atoms with Gasteiger partial charge < -0.3 is 15.5 Å². The molecule has 0 aliphatic heterocycles. The fraction of sp³-hybridized carbons (Fsp3) is 0.538. The number of hydrogen-bond acceptors (Lipinski definition) is 6. The van der Waals surface area contributed by atoms with Crippen molar-refractivity contribution in [1.82, 2.24) is 0 Å². The van der Waals surface area contributed by atoms with Crippen LogP contribution in [0.3, 0.4) is 0 Å². The first-order valence-corrected chi connectivity index (χ1v) is 6.77. The van der Waals surface area contributed by atoms with Crippen molar-refractivity contribution >= 4 is 17.1 Å².